The van der Waals surface area contributed by atoms with Gasteiger partial charge in [-0.3, -0.25) is 0 Å². The van der Waals surface area contributed by atoms with E-state index in [1.54, 1.807) is 18.0 Å². The largest absolute Gasteiger partial charge is 0.389 e. The van der Waals surface area contributed by atoms with Crippen LogP contribution in [-0.4, -0.2) is 27.9 Å². The fraction of sp³-hybridized carbons (Fsp3) is 0.625. The number of ether oxygens (including phenoxy) is 1. The number of methoxy groups -OCH3 is 1. The summed E-state index contributed by atoms with van der Waals surface area (Å²) in [7, 11) is 1.67. The van der Waals surface area contributed by atoms with Crippen LogP contribution in [0.1, 0.15) is 18.9 Å². The summed E-state index contributed by atoms with van der Waals surface area (Å²) in [5, 5.41) is 14.2. The highest BCUT2D eigenvalue weighted by Gasteiger charge is 2.33. The van der Waals surface area contributed by atoms with Gasteiger partial charge in [-0.2, -0.15) is 4.68 Å². The molecule has 2 rings (SSSR count). The lowest BCUT2D eigenvalue weighted by molar-refractivity contribution is -0.389. The molecule has 0 atom stereocenters. The molecule has 1 heterocycles. The van der Waals surface area contributed by atoms with Gasteiger partial charge in [-0.15, -0.1) is 0 Å². The van der Waals surface area contributed by atoms with Gasteiger partial charge in [0.05, 0.1) is 29.5 Å². The van der Waals surface area contributed by atoms with Crippen LogP contribution >= 0.6 is 0 Å². The summed E-state index contributed by atoms with van der Waals surface area (Å²) in [6, 6.07) is 1.67. The normalized spacial score (nSPS) is 25.8. The van der Waals surface area contributed by atoms with Crippen LogP contribution in [0.2, 0.25) is 0 Å². The van der Waals surface area contributed by atoms with E-state index in [2.05, 4.69) is 5.10 Å². The zero-order chi connectivity index (χ0) is 10.1. The summed E-state index contributed by atoms with van der Waals surface area (Å²) in [6.45, 7) is 0. The predicted molar refractivity (Wildman–Crippen MR) is 47.9 cm³/mol. The summed E-state index contributed by atoms with van der Waals surface area (Å²) in [4.78, 5) is 9.89. The van der Waals surface area contributed by atoms with E-state index in [1.165, 1.54) is 6.07 Å². The molecule has 1 saturated carbocycles. The van der Waals surface area contributed by atoms with Crippen molar-refractivity contribution in [2.75, 3.05) is 7.11 Å². The van der Waals surface area contributed by atoms with E-state index in [9.17, 15) is 10.1 Å². The minimum Gasteiger partial charge on any atom is -0.381 e. The topological polar surface area (TPSA) is 70.2 Å². The van der Waals surface area contributed by atoms with Gasteiger partial charge in [0, 0.05) is 7.11 Å². The Morgan fingerprint density at radius 3 is 2.93 bits per heavy atom. The maximum Gasteiger partial charge on any atom is 0.389 e. The lowest BCUT2D eigenvalue weighted by Gasteiger charge is -2.32. The van der Waals surface area contributed by atoms with Crippen molar-refractivity contribution in [3.8, 4) is 0 Å². The van der Waals surface area contributed by atoms with Crippen LogP contribution < -0.4 is 0 Å². The Kier molecular flexibility index (Phi) is 2.20. The Bertz CT molecular complexity index is 343. The Labute approximate surface area is 80.6 Å². The molecule has 0 aliphatic heterocycles. The van der Waals surface area contributed by atoms with Crippen molar-refractivity contribution in [3.63, 3.8) is 0 Å². The number of aromatic nitrogens is 2. The Morgan fingerprint density at radius 1 is 1.71 bits per heavy atom. The van der Waals surface area contributed by atoms with Crippen molar-refractivity contribution in [2.45, 2.75) is 25.0 Å². The summed E-state index contributed by atoms with van der Waals surface area (Å²) in [5.74, 6) is -0.0918. The number of hydrogen-bond acceptors (Lipinski definition) is 4. The molecular formula is C8H11N3O3. The second kappa shape index (κ2) is 3.38. The molecule has 0 N–H and O–H groups in total. The molecule has 1 aromatic rings. The lowest BCUT2D eigenvalue weighted by atomic mass is 9.89. The molecule has 1 aliphatic rings. The maximum absolute atomic E-state index is 10.4. The van der Waals surface area contributed by atoms with E-state index in [1.807, 2.05) is 0 Å². The highest BCUT2D eigenvalue weighted by molar-refractivity contribution is 5.14. The van der Waals surface area contributed by atoms with Crippen LogP contribution in [0.25, 0.3) is 0 Å². The molecule has 1 aromatic heterocycles. The van der Waals surface area contributed by atoms with Gasteiger partial charge in [-0.1, -0.05) is 0 Å². The quantitative estimate of drug-likeness (QED) is 0.538. The summed E-state index contributed by atoms with van der Waals surface area (Å²) >= 11 is 0. The lowest BCUT2D eigenvalue weighted by Crippen LogP contribution is -2.32. The van der Waals surface area contributed by atoms with E-state index in [0.29, 0.717) is 0 Å². The number of nitrogens with zero attached hydrogens (tertiary/aromatic N) is 3. The Morgan fingerprint density at radius 2 is 2.43 bits per heavy atom. The Balaban J connectivity index is 2.01. The van der Waals surface area contributed by atoms with Crippen LogP contribution in [0, 0.1) is 10.1 Å². The summed E-state index contributed by atoms with van der Waals surface area (Å²) in [6.07, 6.45) is 3.70. The van der Waals surface area contributed by atoms with Crippen LogP contribution in [0.3, 0.4) is 0 Å². The molecule has 0 aromatic carbocycles. The van der Waals surface area contributed by atoms with Crippen molar-refractivity contribution in [1.82, 2.24) is 9.78 Å². The maximum atomic E-state index is 10.4. The van der Waals surface area contributed by atoms with Crippen molar-refractivity contribution >= 4 is 5.82 Å². The smallest absolute Gasteiger partial charge is 0.381 e. The van der Waals surface area contributed by atoms with Gasteiger partial charge in [-0.05, 0) is 17.8 Å². The van der Waals surface area contributed by atoms with Gasteiger partial charge >= 0.3 is 5.82 Å². The molecule has 14 heavy (non-hydrogen) atoms. The van der Waals surface area contributed by atoms with Gasteiger partial charge in [0.2, 0.25) is 0 Å². The molecule has 0 bridgehead atoms. The molecule has 6 nitrogen and oxygen atoms in total. The van der Waals surface area contributed by atoms with E-state index in [4.69, 9.17) is 4.74 Å². The first-order valence-corrected chi connectivity index (χ1v) is 4.43. The van der Waals surface area contributed by atoms with Crippen LogP contribution in [0.5, 0.6) is 0 Å². The van der Waals surface area contributed by atoms with Gasteiger partial charge in [-0.25, -0.2) is 0 Å². The molecule has 1 aliphatic carbocycles. The highest BCUT2D eigenvalue weighted by Crippen LogP contribution is 2.33. The van der Waals surface area contributed by atoms with Crippen LogP contribution in [0.4, 0.5) is 5.82 Å². The second-order valence-corrected chi connectivity index (χ2v) is 3.39. The first-order valence-electron chi connectivity index (χ1n) is 4.43. The van der Waals surface area contributed by atoms with Gasteiger partial charge in [0.1, 0.15) is 0 Å². The highest BCUT2D eigenvalue weighted by atomic mass is 16.6. The van der Waals surface area contributed by atoms with Gasteiger partial charge in [0.25, 0.3) is 0 Å². The third-order valence-corrected chi connectivity index (χ3v) is 2.56. The number of nitro groups is 1. The fourth-order valence-corrected chi connectivity index (χ4v) is 1.58. The zero-order valence-electron chi connectivity index (χ0n) is 7.79. The Hall–Kier alpha value is -1.43. The fourth-order valence-electron chi connectivity index (χ4n) is 1.58. The molecule has 6 heteroatoms. The molecule has 0 spiro atoms. The van der Waals surface area contributed by atoms with E-state index in [0.717, 1.165) is 12.8 Å². The standard InChI is InChI=1S/C8H11N3O3/c1-14-7-4-6(5-7)10-3-2-8(9-10)11(12)13/h2-3,6-7H,4-5H2,1H3. The summed E-state index contributed by atoms with van der Waals surface area (Å²) in [5.41, 5.74) is 0. The SMILES string of the molecule is COC1CC(n2ccc([N+](=O)[O-])n2)C1. The van der Waals surface area contributed by atoms with Crippen LogP contribution in [-0.2, 0) is 4.74 Å². The monoisotopic (exact) mass is 197 g/mol. The summed E-state index contributed by atoms with van der Waals surface area (Å²) < 4.78 is 6.76. The first-order chi connectivity index (χ1) is 6.70. The zero-order valence-corrected chi connectivity index (χ0v) is 7.79. The molecule has 0 saturated heterocycles. The van der Waals surface area contributed by atoms with Crippen molar-refractivity contribution in [1.29, 1.82) is 0 Å². The van der Waals surface area contributed by atoms with E-state index >= 15 is 0 Å². The molecule has 1 fully saturated rings. The second-order valence-electron chi connectivity index (χ2n) is 3.39. The molecular weight excluding hydrogens is 186 g/mol. The third kappa shape index (κ3) is 1.48. The minimum atomic E-state index is -0.483. The van der Waals surface area contributed by atoms with Crippen LogP contribution in [0.15, 0.2) is 12.3 Å². The van der Waals surface area contributed by atoms with E-state index in [-0.39, 0.29) is 18.0 Å². The van der Waals surface area contributed by atoms with Crippen molar-refractivity contribution in [3.05, 3.63) is 22.4 Å². The number of rotatable bonds is 3. The first kappa shape index (κ1) is 9.14. The van der Waals surface area contributed by atoms with Gasteiger partial charge < -0.3 is 14.9 Å². The molecule has 0 unspecified atom stereocenters. The average Bonchev–Trinajstić information content (AvgIpc) is 2.51. The van der Waals surface area contributed by atoms with Crippen molar-refractivity contribution < 1.29 is 9.66 Å². The molecule has 0 amide bonds. The third-order valence-electron chi connectivity index (χ3n) is 2.56. The molecule has 76 valence electrons. The van der Waals surface area contributed by atoms with E-state index < -0.39 is 4.92 Å². The van der Waals surface area contributed by atoms with Crippen molar-refractivity contribution in [2.24, 2.45) is 0 Å². The average molecular weight is 197 g/mol. The molecule has 0 radical (unpaired) electrons. The van der Waals surface area contributed by atoms with Gasteiger partial charge in [0.15, 0.2) is 0 Å². The predicted octanol–water partition coefficient (Wildman–Crippen LogP) is 1.14. The number of hydrogen-bond donors (Lipinski definition) is 0. The minimum absolute atomic E-state index is 0.0918.